The number of hydrogen-bond donors (Lipinski definition) is 3. The van der Waals surface area contributed by atoms with Crippen LogP contribution in [-0.2, 0) is 18.3 Å². The monoisotopic (exact) mass is 389 g/mol. The van der Waals surface area contributed by atoms with Crippen molar-refractivity contribution >= 4 is 11.3 Å². The van der Waals surface area contributed by atoms with Gasteiger partial charge in [-0.3, -0.25) is 4.98 Å². The minimum absolute atomic E-state index is 0.332. The van der Waals surface area contributed by atoms with Gasteiger partial charge in [-0.15, -0.1) is 11.3 Å². The van der Waals surface area contributed by atoms with Gasteiger partial charge in [0.1, 0.15) is 22.9 Å². The van der Waals surface area contributed by atoms with E-state index in [-0.39, 0.29) is 5.82 Å². The smallest absolute Gasteiger partial charge is 0.142 e. The largest absolute Gasteiger partial charge is 0.376 e. The summed E-state index contributed by atoms with van der Waals surface area (Å²) in [6.07, 6.45) is 0.577. The highest BCUT2D eigenvalue weighted by molar-refractivity contribution is 7.15. The number of nitrogens with one attached hydrogen (secondary N) is 1. The van der Waals surface area contributed by atoms with Crippen LogP contribution < -0.4 is 5.48 Å². The summed E-state index contributed by atoms with van der Waals surface area (Å²) in [7, 11) is 0. The molecule has 3 N–H and O–H groups in total. The first-order valence-electron chi connectivity index (χ1n) is 8.38. The first-order chi connectivity index (χ1) is 12.9. The summed E-state index contributed by atoms with van der Waals surface area (Å²) < 4.78 is 27.2. The van der Waals surface area contributed by atoms with Gasteiger partial charge in [-0.1, -0.05) is 12.1 Å². The number of hydroxylamine groups is 1. The van der Waals surface area contributed by atoms with Gasteiger partial charge in [-0.05, 0) is 42.7 Å². The van der Waals surface area contributed by atoms with Crippen LogP contribution in [0.2, 0.25) is 0 Å². The first-order valence-corrected chi connectivity index (χ1v) is 9.20. The second kappa shape index (κ2) is 6.72. The molecule has 0 saturated heterocycles. The number of aromatic nitrogens is 2. The first kappa shape index (κ1) is 18.1. The van der Waals surface area contributed by atoms with E-state index in [2.05, 4.69) is 9.97 Å². The number of benzene rings is 1. The lowest BCUT2D eigenvalue weighted by Crippen LogP contribution is -2.48. The van der Waals surface area contributed by atoms with Crippen LogP contribution in [0.15, 0.2) is 36.5 Å². The molecular weight excluding hydrogens is 372 g/mol. The molecule has 1 aliphatic carbocycles. The number of hydrogen-bond acceptors (Lipinski definition) is 6. The summed E-state index contributed by atoms with van der Waals surface area (Å²) >= 11 is 1.41. The zero-order valence-electron chi connectivity index (χ0n) is 14.4. The van der Waals surface area contributed by atoms with E-state index >= 15 is 0 Å². The molecule has 140 valence electrons. The SMILES string of the molecule is Cc1c(F)cccc1[C@@]1(C(O)NO)Cc2nc(-c3ccc(F)cn3)sc2C1. The van der Waals surface area contributed by atoms with Crippen molar-refractivity contribution in [1.82, 2.24) is 15.4 Å². The summed E-state index contributed by atoms with van der Waals surface area (Å²) in [4.78, 5) is 9.58. The summed E-state index contributed by atoms with van der Waals surface area (Å²) in [5, 5.41) is 20.6. The molecule has 0 radical (unpaired) electrons. The third kappa shape index (κ3) is 2.94. The molecular formula is C19H17F2N3O2S. The van der Waals surface area contributed by atoms with Gasteiger partial charge in [0.2, 0.25) is 0 Å². The van der Waals surface area contributed by atoms with Crippen molar-refractivity contribution in [3.8, 4) is 10.7 Å². The van der Waals surface area contributed by atoms with Crippen molar-refractivity contribution in [1.29, 1.82) is 0 Å². The third-order valence-electron chi connectivity index (χ3n) is 5.13. The number of nitrogens with zero attached hydrogens (tertiary/aromatic N) is 2. The second-order valence-corrected chi connectivity index (χ2v) is 7.79. The van der Waals surface area contributed by atoms with E-state index in [1.807, 2.05) is 5.48 Å². The Labute approximate surface area is 158 Å². The summed E-state index contributed by atoms with van der Waals surface area (Å²) in [6.45, 7) is 1.66. The predicted octanol–water partition coefficient (Wildman–Crippen LogP) is 3.13. The van der Waals surface area contributed by atoms with Gasteiger partial charge >= 0.3 is 0 Å². The lowest BCUT2D eigenvalue weighted by atomic mass is 9.74. The maximum Gasteiger partial charge on any atom is 0.142 e. The minimum Gasteiger partial charge on any atom is -0.376 e. The molecule has 0 bridgehead atoms. The zero-order chi connectivity index (χ0) is 19.2. The molecule has 2 heterocycles. The average molecular weight is 389 g/mol. The van der Waals surface area contributed by atoms with Gasteiger partial charge in [-0.2, -0.15) is 5.48 Å². The van der Waals surface area contributed by atoms with Crippen molar-refractivity contribution < 1.29 is 19.1 Å². The molecule has 0 aliphatic heterocycles. The Morgan fingerprint density at radius 1 is 1.22 bits per heavy atom. The maximum absolute atomic E-state index is 14.1. The lowest BCUT2D eigenvalue weighted by molar-refractivity contribution is -0.0468. The number of aliphatic hydroxyl groups excluding tert-OH is 1. The number of thiazole rings is 1. The van der Waals surface area contributed by atoms with Gasteiger partial charge in [0, 0.05) is 16.7 Å². The van der Waals surface area contributed by atoms with Crippen LogP contribution in [0.1, 0.15) is 21.7 Å². The maximum atomic E-state index is 14.1. The Kier molecular flexibility index (Phi) is 4.51. The average Bonchev–Trinajstić information content (AvgIpc) is 3.21. The van der Waals surface area contributed by atoms with E-state index in [0.717, 1.165) is 16.8 Å². The number of aliphatic hydroxyl groups is 1. The topological polar surface area (TPSA) is 78.3 Å². The molecule has 2 aromatic heterocycles. The fourth-order valence-corrected chi connectivity index (χ4v) is 4.90. The van der Waals surface area contributed by atoms with Gasteiger partial charge in [0.15, 0.2) is 0 Å². The molecule has 0 amide bonds. The van der Waals surface area contributed by atoms with Crippen molar-refractivity contribution in [2.45, 2.75) is 31.4 Å². The highest BCUT2D eigenvalue weighted by Gasteiger charge is 2.47. The van der Waals surface area contributed by atoms with E-state index < -0.39 is 17.5 Å². The molecule has 0 spiro atoms. The molecule has 8 heteroatoms. The molecule has 0 fully saturated rings. The van der Waals surface area contributed by atoms with E-state index in [0.29, 0.717) is 34.7 Å². The fraction of sp³-hybridized carbons (Fsp3) is 0.263. The zero-order valence-corrected chi connectivity index (χ0v) is 15.2. The van der Waals surface area contributed by atoms with E-state index in [1.165, 1.54) is 23.5 Å². The molecule has 0 saturated carbocycles. The molecule has 1 aliphatic rings. The summed E-state index contributed by atoms with van der Waals surface area (Å²) in [5.74, 6) is -0.781. The molecule has 27 heavy (non-hydrogen) atoms. The number of rotatable bonds is 4. The number of halogens is 2. The van der Waals surface area contributed by atoms with Gasteiger partial charge in [0.25, 0.3) is 0 Å². The molecule has 5 nitrogen and oxygen atoms in total. The van der Waals surface area contributed by atoms with E-state index in [9.17, 15) is 19.1 Å². The Bertz CT molecular complexity index is 968. The molecule has 1 unspecified atom stereocenters. The Balaban J connectivity index is 1.74. The van der Waals surface area contributed by atoms with Gasteiger partial charge in [-0.25, -0.2) is 13.8 Å². The van der Waals surface area contributed by atoms with Gasteiger partial charge < -0.3 is 10.3 Å². The predicted molar refractivity (Wildman–Crippen MR) is 96.5 cm³/mol. The number of pyridine rings is 1. The summed E-state index contributed by atoms with van der Waals surface area (Å²) in [5.41, 5.74) is 3.40. The third-order valence-corrected chi connectivity index (χ3v) is 6.25. The van der Waals surface area contributed by atoms with Crippen molar-refractivity contribution in [2.24, 2.45) is 0 Å². The molecule has 1 aromatic carbocycles. The Hall–Kier alpha value is -2.26. The quantitative estimate of drug-likeness (QED) is 0.472. The number of fused-ring (bicyclic) bond motifs is 1. The lowest BCUT2D eigenvalue weighted by Gasteiger charge is -2.35. The Morgan fingerprint density at radius 3 is 2.70 bits per heavy atom. The Morgan fingerprint density at radius 2 is 2.04 bits per heavy atom. The van der Waals surface area contributed by atoms with Crippen LogP contribution in [0.5, 0.6) is 0 Å². The van der Waals surface area contributed by atoms with Gasteiger partial charge in [0.05, 0.1) is 17.6 Å². The van der Waals surface area contributed by atoms with Crippen LogP contribution in [0.4, 0.5) is 8.78 Å². The summed E-state index contributed by atoms with van der Waals surface area (Å²) in [6, 6.07) is 7.62. The van der Waals surface area contributed by atoms with Crippen molar-refractivity contribution in [3.63, 3.8) is 0 Å². The van der Waals surface area contributed by atoms with Crippen molar-refractivity contribution in [2.75, 3.05) is 0 Å². The van der Waals surface area contributed by atoms with E-state index in [1.54, 1.807) is 25.1 Å². The van der Waals surface area contributed by atoms with E-state index in [4.69, 9.17) is 0 Å². The highest BCUT2D eigenvalue weighted by Crippen LogP contribution is 2.46. The van der Waals surface area contributed by atoms with Crippen LogP contribution in [0.3, 0.4) is 0 Å². The minimum atomic E-state index is -1.29. The molecule has 2 atom stereocenters. The standard InChI is InChI=1S/C19H17F2N3O2S/c1-10-12(3-2-4-13(10)21)19(18(25)24-26)7-15-16(8-19)27-17(23-15)14-6-5-11(20)9-22-14/h2-6,9,18,24-26H,7-8H2,1H3/t18?,19-/m1/s1. The second-order valence-electron chi connectivity index (χ2n) is 6.70. The van der Waals surface area contributed by atoms with Crippen LogP contribution in [-0.4, -0.2) is 26.5 Å². The van der Waals surface area contributed by atoms with Crippen LogP contribution in [0, 0.1) is 18.6 Å². The fourth-order valence-electron chi connectivity index (χ4n) is 3.72. The van der Waals surface area contributed by atoms with Crippen LogP contribution >= 0.6 is 11.3 Å². The normalized spacial score (nSPS) is 19.9. The van der Waals surface area contributed by atoms with Crippen molar-refractivity contribution in [3.05, 3.63) is 69.9 Å². The van der Waals surface area contributed by atoms with Crippen LogP contribution in [0.25, 0.3) is 10.7 Å². The molecule has 4 rings (SSSR count). The molecule has 3 aromatic rings. The highest BCUT2D eigenvalue weighted by atomic mass is 32.1.